The number of nitrogens with one attached hydrogen (secondary N) is 1. The van der Waals surface area contributed by atoms with Crippen LogP contribution in [0.5, 0.6) is 5.75 Å². The van der Waals surface area contributed by atoms with E-state index in [1.165, 1.54) is 0 Å². The van der Waals surface area contributed by atoms with Gasteiger partial charge >= 0.3 is 0 Å². The number of nitrogens with zero attached hydrogens (tertiary/aromatic N) is 1. The lowest BCUT2D eigenvalue weighted by Gasteiger charge is -2.06. The Hall–Kier alpha value is -1.97. The molecule has 1 aromatic heterocycles. The van der Waals surface area contributed by atoms with Gasteiger partial charge < -0.3 is 10.5 Å². The molecule has 1 heterocycles. The van der Waals surface area contributed by atoms with E-state index in [2.05, 4.69) is 10.2 Å². The van der Waals surface area contributed by atoms with Gasteiger partial charge in [-0.3, -0.25) is 5.10 Å². The molecule has 0 aliphatic rings. The van der Waals surface area contributed by atoms with E-state index < -0.39 is 0 Å². The van der Waals surface area contributed by atoms with Crippen molar-refractivity contribution in [3.05, 3.63) is 30.0 Å². The van der Waals surface area contributed by atoms with Gasteiger partial charge in [-0.15, -0.1) is 0 Å². The first kappa shape index (κ1) is 10.5. The Bertz CT molecular complexity index is 491. The van der Waals surface area contributed by atoms with Gasteiger partial charge in [0.2, 0.25) is 0 Å². The molecule has 0 fully saturated rings. The second-order valence-electron chi connectivity index (χ2n) is 3.52. The first-order chi connectivity index (χ1) is 7.77. The maximum atomic E-state index is 6.02. The lowest BCUT2D eigenvalue weighted by Crippen LogP contribution is -1.93. The van der Waals surface area contributed by atoms with Crippen molar-refractivity contribution in [2.24, 2.45) is 0 Å². The second-order valence-corrected chi connectivity index (χ2v) is 3.52. The summed E-state index contributed by atoms with van der Waals surface area (Å²) in [6.07, 6.45) is 0.841. The monoisotopic (exact) mass is 217 g/mol. The Morgan fingerprint density at radius 2 is 2.12 bits per heavy atom. The van der Waals surface area contributed by atoms with Gasteiger partial charge in [0.15, 0.2) is 0 Å². The standard InChI is InChI=1S/C12H15N3O/c1-3-9-11(13)12(15-14-9)8-6-4-5-7-10(8)16-2/h4-7H,3,13H2,1-2H3,(H,14,15). The summed E-state index contributed by atoms with van der Waals surface area (Å²) in [5.41, 5.74) is 9.35. The lowest BCUT2D eigenvalue weighted by atomic mass is 10.1. The van der Waals surface area contributed by atoms with E-state index in [0.717, 1.165) is 29.1 Å². The number of methoxy groups -OCH3 is 1. The van der Waals surface area contributed by atoms with Crippen LogP contribution in [0.25, 0.3) is 11.3 Å². The van der Waals surface area contributed by atoms with Gasteiger partial charge in [-0.2, -0.15) is 5.10 Å². The number of hydrogen-bond acceptors (Lipinski definition) is 3. The fourth-order valence-electron chi connectivity index (χ4n) is 1.70. The fraction of sp³-hybridized carbons (Fsp3) is 0.250. The number of aromatic amines is 1. The molecular formula is C12H15N3O. The molecule has 0 unspecified atom stereocenters. The molecule has 0 saturated heterocycles. The van der Waals surface area contributed by atoms with Crippen LogP contribution in [0.15, 0.2) is 24.3 Å². The number of nitrogens with two attached hydrogens (primary N) is 1. The van der Waals surface area contributed by atoms with E-state index in [4.69, 9.17) is 10.5 Å². The van der Waals surface area contributed by atoms with Crippen LogP contribution >= 0.6 is 0 Å². The Labute approximate surface area is 94.4 Å². The van der Waals surface area contributed by atoms with Crippen molar-refractivity contribution in [1.82, 2.24) is 10.2 Å². The van der Waals surface area contributed by atoms with Crippen LogP contribution < -0.4 is 10.5 Å². The minimum Gasteiger partial charge on any atom is -0.496 e. The first-order valence-corrected chi connectivity index (χ1v) is 5.24. The predicted molar refractivity (Wildman–Crippen MR) is 64.4 cm³/mol. The SMILES string of the molecule is CCc1[nH]nc(-c2ccccc2OC)c1N. The summed E-state index contributed by atoms with van der Waals surface area (Å²) in [4.78, 5) is 0. The number of anilines is 1. The summed E-state index contributed by atoms with van der Waals surface area (Å²) in [5, 5.41) is 7.18. The maximum absolute atomic E-state index is 6.02. The number of rotatable bonds is 3. The van der Waals surface area contributed by atoms with Crippen molar-refractivity contribution in [3.8, 4) is 17.0 Å². The number of H-pyrrole nitrogens is 1. The Morgan fingerprint density at radius 3 is 2.75 bits per heavy atom. The van der Waals surface area contributed by atoms with E-state index in [0.29, 0.717) is 5.69 Å². The van der Waals surface area contributed by atoms with E-state index in [1.807, 2.05) is 31.2 Å². The molecule has 16 heavy (non-hydrogen) atoms. The Balaban J connectivity index is 2.54. The highest BCUT2D eigenvalue weighted by Gasteiger charge is 2.13. The highest BCUT2D eigenvalue weighted by Crippen LogP contribution is 2.33. The van der Waals surface area contributed by atoms with Gasteiger partial charge in [0.25, 0.3) is 0 Å². The third-order valence-corrected chi connectivity index (χ3v) is 2.60. The third kappa shape index (κ3) is 1.62. The zero-order chi connectivity index (χ0) is 11.5. The molecule has 0 aliphatic carbocycles. The second kappa shape index (κ2) is 4.26. The molecule has 0 radical (unpaired) electrons. The molecule has 2 rings (SSSR count). The van der Waals surface area contributed by atoms with Crippen LogP contribution in [0.1, 0.15) is 12.6 Å². The van der Waals surface area contributed by atoms with E-state index in [9.17, 15) is 0 Å². The maximum Gasteiger partial charge on any atom is 0.128 e. The van der Waals surface area contributed by atoms with Gasteiger partial charge in [0.05, 0.1) is 18.5 Å². The van der Waals surface area contributed by atoms with Crippen LogP contribution in [-0.4, -0.2) is 17.3 Å². The number of aryl methyl sites for hydroxylation is 1. The Morgan fingerprint density at radius 1 is 1.38 bits per heavy atom. The average Bonchev–Trinajstić information content (AvgIpc) is 2.70. The minimum absolute atomic E-state index is 0.701. The molecular weight excluding hydrogens is 202 g/mol. The molecule has 4 heteroatoms. The number of ether oxygens (including phenoxy) is 1. The van der Waals surface area contributed by atoms with Crippen LogP contribution in [0.2, 0.25) is 0 Å². The van der Waals surface area contributed by atoms with Crippen molar-refractivity contribution in [2.75, 3.05) is 12.8 Å². The van der Waals surface area contributed by atoms with Gasteiger partial charge in [-0.05, 0) is 18.6 Å². The highest BCUT2D eigenvalue weighted by molar-refractivity contribution is 5.78. The van der Waals surface area contributed by atoms with Gasteiger partial charge in [0.1, 0.15) is 11.4 Å². The summed E-state index contributed by atoms with van der Waals surface area (Å²) in [6, 6.07) is 7.71. The first-order valence-electron chi connectivity index (χ1n) is 5.24. The molecule has 2 aromatic rings. The molecule has 0 bridgehead atoms. The van der Waals surface area contributed by atoms with Gasteiger partial charge in [0, 0.05) is 5.56 Å². The number of para-hydroxylation sites is 1. The summed E-state index contributed by atoms with van der Waals surface area (Å²) < 4.78 is 5.29. The molecule has 0 saturated carbocycles. The minimum atomic E-state index is 0.701. The summed E-state index contributed by atoms with van der Waals surface area (Å²) in [5.74, 6) is 0.781. The normalized spacial score (nSPS) is 10.4. The lowest BCUT2D eigenvalue weighted by molar-refractivity contribution is 0.416. The van der Waals surface area contributed by atoms with Crippen molar-refractivity contribution in [1.29, 1.82) is 0 Å². The van der Waals surface area contributed by atoms with Crippen LogP contribution in [0.4, 0.5) is 5.69 Å². The van der Waals surface area contributed by atoms with E-state index in [1.54, 1.807) is 7.11 Å². The molecule has 1 aromatic carbocycles. The average molecular weight is 217 g/mol. The van der Waals surface area contributed by atoms with Gasteiger partial charge in [-0.1, -0.05) is 19.1 Å². The molecule has 0 atom stereocenters. The molecule has 84 valence electrons. The fourth-order valence-corrected chi connectivity index (χ4v) is 1.70. The smallest absolute Gasteiger partial charge is 0.128 e. The molecule has 0 spiro atoms. The number of benzene rings is 1. The molecule has 0 amide bonds. The number of aromatic nitrogens is 2. The summed E-state index contributed by atoms with van der Waals surface area (Å²) in [7, 11) is 1.64. The molecule has 0 aliphatic heterocycles. The van der Waals surface area contributed by atoms with Crippen molar-refractivity contribution >= 4 is 5.69 Å². The highest BCUT2D eigenvalue weighted by atomic mass is 16.5. The summed E-state index contributed by atoms with van der Waals surface area (Å²) in [6.45, 7) is 2.04. The Kier molecular flexibility index (Phi) is 2.81. The largest absolute Gasteiger partial charge is 0.496 e. The topological polar surface area (TPSA) is 63.9 Å². The van der Waals surface area contributed by atoms with Crippen molar-refractivity contribution in [3.63, 3.8) is 0 Å². The molecule has 4 nitrogen and oxygen atoms in total. The predicted octanol–water partition coefficient (Wildman–Crippen LogP) is 2.23. The zero-order valence-corrected chi connectivity index (χ0v) is 9.45. The zero-order valence-electron chi connectivity index (χ0n) is 9.45. The van der Waals surface area contributed by atoms with Crippen LogP contribution in [0.3, 0.4) is 0 Å². The van der Waals surface area contributed by atoms with Crippen molar-refractivity contribution in [2.45, 2.75) is 13.3 Å². The van der Waals surface area contributed by atoms with Crippen LogP contribution in [-0.2, 0) is 6.42 Å². The third-order valence-electron chi connectivity index (χ3n) is 2.60. The van der Waals surface area contributed by atoms with Gasteiger partial charge in [-0.25, -0.2) is 0 Å². The molecule has 3 N–H and O–H groups in total. The summed E-state index contributed by atoms with van der Waals surface area (Å²) >= 11 is 0. The number of hydrogen-bond donors (Lipinski definition) is 2. The van der Waals surface area contributed by atoms with E-state index >= 15 is 0 Å². The van der Waals surface area contributed by atoms with Crippen molar-refractivity contribution < 1.29 is 4.74 Å². The quantitative estimate of drug-likeness (QED) is 0.828. The van der Waals surface area contributed by atoms with Crippen LogP contribution in [0, 0.1) is 0 Å². The number of nitrogen functional groups attached to an aromatic ring is 1. The van der Waals surface area contributed by atoms with E-state index in [-0.39, 0.29) is 0 Å².